The smallest absolute Gasteiger partial charge is 0.262 e. The molecule has 2 rings (SSSR count). The number of aryl methyl sites for hydroxylation is 1. The van der Waals surface area contributed by atoms with E-state index in [-0.39, 0.29) is 17.7 Å². The largest absolute Gasteiger partial charge is 0.490 e. The maximum atomic E-state index is 12.7. The Balaban J connectivity index is 2.09. The average Bonchev–Trinajstić information content (AvgIpc) is 2.77. The normalized spacial score (nSPS) is 12.0. The molecule has 2 aromatic rings. The molecule has 2 N–H and O–H groups in total. The summed E-state index contributed by atoms with van der Waals surface area (Å²) in [5.41, 5.74) is 4.87. The third-order valence-electron chi connectivity index (χ3n) is 4.72. The number of nitrogens with one attached hydrogen (secondary N) is 2. The van der Waals surface area contributed by atoms with Gasteiger partial charge in [-0.25, -0.2) is 5.43 Å². The van der Waals surface area contributed by atoms with E-state index in [9.17, 15) is 9.59 Å². The fourth-order valence-corrected chi connectivity index (χ4v) is 3.76. The van der Waals surface area contributed by atoms with E-state index in [4.69, 9.17) is 9.47 Å². The summed E-state index contributed by atoms with van der Waals surface area (Å²) in [4.78, 5) is 25.3. The molecule has 1 unspecified atom stereocenters. The summed E-state index contributed by atoms with van der Waals surface area (Å²) in [6.07, 6.45) is 2.44. The standard InChI is InChI=1S/C25H32IN3O4/c1-6-12-33-23-20(26)13-18(14-21(23)32-7-2)15-27-29-25(31)22(16(3)4)28-24(30)19-10-8-17(5)9-11-19/h8-11,13-16,22H,6-7,12H2,1-5H3,(H,28,30)(H,29,31)/b27-15-. The molecule has 0 saturated carbocycles. The number of hydrogen-bond donors (Lipinski definition) is 2. The van der Waals surface area contributed by atoms with Crippen LogP contribution in [0.2, 0.25) is 0 Å². The molecule has 0 radical (unpaired) electrons. The van der Waals surface area contributed by atoms with Gasteiger partial charge < -0.3 is 14.8 Å². The van der Waals surface area contributed by atoms with Crippen LogP contribution in [0.25, 0.3) is 0 Å². The van der Waals surface area contributed by atoms with Crippen molar-refractivity contribution in [2.75, 3.05) is 13.2 Å². The number of rotatable bonds is 11. The lowest BCUT2D eigenvalue weighted by Crippen LogP contribution is -2.48. The van der Waals surface area contributed by atoms with E-state index in [1.807, 2.05) is 58.9 Å². The lowest BCUT2D eigenvalue weighted by molar-refractivity contribution is -0.123. The molecule has 0 aliphatic rings. The van der Waals surface area contributed by atoms with Crippen LogP contribution in [0.5, 0.6) is 11.5 Å². The highest BCUT2D eigenvalue weighted by molar-refractivity contribution is 14.1. The number of carbonyl (C=O) groups is 2. The van der Waals surface area contributed by atoms with Crippen molar-refractivity contribution in [1.29, 1.82) is 0 Å². The molecule has 178 valence electrons. The molecule has 2 amide bonds. The minimum Gasteiger partial charge on any atom is -0.490 e. The van der Waals surface area contributed by atoms with Crippen molar-refractivity contribution < 1.29 is 19.1 Å². The van der Waals surface area contributed by atoms with Crippen molar-refractivity contribution in [3.05, 3.63) is 56.7 Å². The van der Waals surface area contributed by atoms with E-state index in [0.717, 1.165) is 21.1 Å². The first-order valence-corrected chi connectivity index (χ1v) is 12.1. The molecule has 2 aromatic carbocycles. The van der Waals surface area contributed by atoms with Crippen LogP contribution in [0, 0.1) is 16.4 Å². The van der Waals surface area contributed by atoms with Crippen LogP contribution in [0.15, 0.2) is 41.5 Å². The molecule has 0 spiro atoms. The third kappa shape index (κ3) is 8.03. The van der Waals surface area contributed by atoms with Crippen LogP contribution in [0.1, 0.15) is 55.6 Å². The monoisotopic (exact) mass is 565 g/mol. The van der Waals surface area contributed by atoms with E-state index in [0.29, 0.717) is 30.3 Å². The summed E-state index contributed by atoms with van der Waals surface area (Å²) in [5.74, 6) is 0.543. The lowest BCUT2D eigenvalue weighted by atomic mass is 10.0. The SMILES string of the molecule is CCCOc1c(I)cc(/C=N\NC(=O)C(NC(=O)c2ccc(C)cc2)C(C)C)cc1OCC. The minimum absolute atomic E-state index is 0.116. The minimum atomic E-state index is -0.722. The van der Waals surface area contributed by atoms with Gasteiger partial charge >= 0.3 is 0 Å². The molecule has 0 heterocycles. The predicted octanol–water partition coefficient (Wildman–Crippen LogP) is 4.69. The Morgan fingerprint density at radius 1 is 1.12 bits per heavy atom. The van der Waals surface area contributed by atoms with Crippen molar-refractivity contribution in [3.63, 3.8) is 0 Å². The van der Waals surface area contributed by atoms with Gasteiger partial charge in [0.1, 0.15) is 6.04 Å². The Labute approximate surface area is 209 Å². The second-order valence-electron chi connectivity index (χ2n) is 7.91. The summed E-state index contributed by atoms with van der Waals surface area (Å²) in [7, 11) is 0. The summed E-state index contributed by atoms with van der Waals surface area (Å²) >= 11 is 2.19. The van der Waals surface area contributed by atoms with Gasteiger partial charge in [-0.1, -0.05) is 38.5 Å². The summed E-state index contributed by atoms with van der Waals surface area (Å²) in [6.45, 7) is 10.8. The number of benzene rings is 2. The summed E-state index contributed by atoms with van der Waals surface area (Å²) < 4.78 is 12.4. The first-order valence-electron chi connectivity index (χ1n) is 11.1. The predicted molar refractivity (Wildman–Crippen MR) is 139 cm³/mol. The topological polar surface area (TPSA) is 89.0 Å². The van der Waals surface area contributed by atoms with Gasteiger partial charge in [0.2, 0.25) is 0 Å². The zero-order valence-corrected chi connectivity index (χ0v) is 21.9. The number of hydrazone groups is 1. The van der Waals surface area contributed by atoms with E-state index in [1.165, 1.54) is 0 Å². The van der Waals surface area contributed by atoms with Crippen LogP contribution in [-0.4, -0.2) is 37.3 Å². The fraction of sp³-hybridized carbons (Fsp3) is 0.400. The summed E-state index contributed by atoms with van der Waals surface area (Å²) in [5, 5.41) is 6.90. The van der Waals surface area contributed by atoms with Crippen molar-refractivity contribution in [2.45, 2.75) is 47.1 Å². The molecule has 0 fully saturated rings. The maximum absolute atomic E-state index is 12.7. The van der Waals surface area contributed by atoms with Gasteiger partial charge in [0, 0.05) is 5.56 Å². The Morgan fingerprint density at radius 2 is 1.82 bits per heavy atom. The molecule has 33 heavy (non-hydrogen) atoms. The van der Waals surface area contributed by atoms with Gasteiger partial charge in [-0.3, -0.25) is 9.59 Å². The number of nitrogens with zero attached hydrogens (tertiary/aromatic N) is 1. The molecule has 0 aromatic heterocycles. The van der Waals surface area contributed by atoms with Crippen LogP contribution in [-0.2, 0) is 4.79 Å². The van der Waals surface area contributed by atoms with Crippen molar-refractivity contribution >= 4 is 40.6 Å². The van der Waals surface area contributed by atoms with Gasteiger partial charge in [-0.15, -0.1) is 0 Å². The fourth-order valence-electron chi connectivity index (χ4n) is 2.97. The molecule has 1 atom stereocenters. The van der Waals surface area contributed by atoms with Gasteiger partial charge in [0.05, 0.1) is 23.0 Å². The number of ether oxygens (including phenoxy) is 2. The van der Waals surface area contributed by atoms with E-state index < -0.39 is 6.04 Å². The van der Waals surface area contributed by atoms with E-state index in [1.54, 1.807) is 18.3 Å². The van der Waals surface area contributed by atoms with Crippen LogP contribution in [0.3, 0.4) is 0 Å². The number of halogens is 1. The number of amides is 2. The van der Waals surface area contributed by atoms with E-state index >= 15 is 0 Å². The van der Waals surface area contributed by atoms with Gasteiger partial charge in [-0.2, -0.15) is 5.10 Å². The van der Waals surface area contributed by atoms with Gasteiger partial charge in [0.15, 0.2) is 11.5 Å². The average molecular weight is 565 g/mol. The zero-order valence-electron chi connectivity index (χ0n) is 19.8. The first kappa shape index (κ1) is 26.6. The van der Waals surface area contributed by atoms with Crippen LogP contribution >= 0.6 is 22.6 Å². The highest BCUT2D eigenvalue weighted by atomic mass is 127. The van der Waals surface area contributed by atoms with Gasteiger partial charge in [0.25, 0.3) is 11.8 Å². The molecule has 0 aliphatic carbocycles. The highest BCUT2D eigenvalue weighted by Gasteiger charge is 2.24. The molecule has 0 saturated heterocycles. The Kier molecular flexibility index (Phi) is 10.6. The van der Waals surface area contributed by atoms with Crippen molar-refractivity contribution in [2.24, 2.45) is 11.0 Å². The van der Waals surface area contributed by atoms with Crippen LogP contribution < -0.4 is 20.2 Å². The number of carbonyl (C=O) groups excluding carboxylic acids is 2. The number of hydrogen-bond acceptors (Lipinski definition) is 5. The third-order valence-corrected chi connectivity index (χ3v) is 5.52. The Hall–Kier alpha value is -2.62. The quantitative estimate of drug-likeness (QED) is 0.235. The molecule has 0 bridgehead atoms. The first-order chi connectivity index (χ1) is 15.8. The Morgan fingerprint density at radius 3 is 2.42 bits per heavy atom. The van der Waals surface area contributed by atoms with Crippen molar-refractivity contribution in [3.8, 4) is 11.5 Å². The van der Waals surface area contributed by atoms with Gasteiger partial charge in [-0.05, 0) is 78.6 Å². The molecule has 7 nitrogen and oxygen atoms in total. The molecule has 0 aliphatic heterocycles. The summed E-state index contributed by atoms with van der Waals surface area (Å²) in [6, 6.07) is 10.2. The second kappa shape index (κ2) is 13.2. The molecular formula is C25H32IN3O4. The van der Waals surface area contributed by atoms with Crippen molar-refractivity contribution in [1.82, 2.24) is 10.7 Å². The van der Waals surface area contributed by atoms with E-state index in [2.05, 4.69) is 38.4 Å². The molecule has 8 heteroatoms. The lowest BCUT2D eigenvalue weighted by Gasteiger charge is -2.20. The van der Waals surface area contributed by atoms with Crippen LogP contribution in [0.4, 0.5) is 0 Å². The molecular weight excluding hydrogens is 533 g/mol. The second-order valence-corrected chi connectivity index (χ2v) is 9.07. The maximum Gasteiger partial charge on any atom is 0.262 e. The Bertz CT molecular complexity index is 974. The zero-order chi connectivity index (χ0) is 24.4. The highest BCUT2D eigenvalue weighted by Crippen LogP contribution is 2.34.